The van der Waals surface area contributed by atoms with Crippen molar-refractivity contribution >= 4 is 23.1 Å². The summed E-state index contributed by atoms with van der Waals surface area (Å²) in [5.41, 5.74) is 2.47. The lowest BCUT2D eigenvalue weighted by molar-refractivity contribution is 0.252. The molecule has 28 heavy (non-hydrogen) atoms. The van der Waals surface area contributed by atoms with Crippen LogP contribution in [0.1, 0.15) is 17.1 Å². The van der Waals surface area contributed by atoms with Crippen molar-refractivity contribution in [3.63, 3.8) is 0 Å². The van der Waals surface area contributed by atoms with E-state index in [0.29, 0.717) is 27.4 Å². The molecule has 0 amide bonds. The van der Waals surface area contributed by atoms with Crippen molar-refractivity contribution in [2.75, 3.05) is 0 Å². The summed E-state index contributed by atoms with van der Waals surface area (Å²) < 4.78 is 25.1. The first-order chi connectivity index (χ1) is 13.7. The molecule has 8 heteroatoms. The third-order valence-corrected chi connectivity index (χ3v) is 5.58. The van der Waals surface area contributed by atoms with E-state index in [2.05, 4.69) is 15.2 Å². The molecule has 0 atom stereocenters. The number of hydrogen-bond acceptors (Lipinski definition) is 7. The van der Waals surface area contributed by atoms with Crippen molar-refractivity contribution in [3.05, 3.63) is 76.9 Å². The molecule has 0 unspecified atom stereocenters. The Kier molecular flexibility index (Phi) is 5.68. The van der Waals surface area contributed by atoms with Crippen LogP contribution in [0.2, 0.25) is 0 Å². The van der Waals surface area contributed by atoms with Gasteiger partial charge in [-0.1, -0.05) is 36.0 Å². The summed E-state index contributed by atoms with van der Waals surface area (Å²) in [6.45, 7) is 2.22. The summed E-state index contributed by atoms with van der Waals surface area (Å²) >= 11 is 2.80. The Labute approximate surface area is 169 Å². The lowest BCUT2D eigenvalue weighted by Gasteiger charge is -2.03. The molecule has 0 aliphatic rings. The molecule has 4 aromatic rings. The minimum atomic E-state index is -0.272. The van der Waals surface area contributed by atoms with Crippen LogP contribution in [0.3, 0.4) is 0 Å². The molecular formula is C20H16FN3O2S2. The number of benzene rings is 2. The molecule has 0 aliphatic heterocycles. The van der Waals surface area contributed by atoms with Crippen molar-refractivity contribution in [2.24, 2.45) is 0 Å². The Morgan fingerprint density at radius 3 is 2.89 bits per heavy atom. The molecule has 0 aliphatic carbocycles. The topological polar surface area (TPSA) is 61.0 Å². The highest BCUT2D eigenvalue weighted by Gasteiger charge is 2.12. The maximum absolute atomic E-state index is 13.9. The highest BCUT2D eigenvalue weighted by molar-refractivity contribution is 7.98. The van der Waals surface area contributed by atoms with Crippen molar-refractivity contribution < 1.29 is 13.5 Å². The number of ether oxygens (including phenoxy) is 1. The van der Waals surface area contributed by atoms with Crippen LogP contribution in [0.25, 0.3) is 10.6 Å². The summed E-state index contributed by atoms with van der Waals surface area (Å²) in [4.78, 5) is 4.49. The van der Waals surface area contributed by atoms with Crippen LogP contribution in [0.4, 0.5) is 4.39 Å². The smallest absolute Gasteiger partial charge is 0.277 e. The number of aryl methyl sites for hydroxylation is 1. The van der Waals surface area contributed by atoms with E-state index in [4.69, 9.17) is 9.15 Å². The van der Waals surface area contributed by atoms with Crippen LogP contribution in [0.5, 0.6) is 5.75 Å². The van der Waals surface area contributed by atoms with E-state index in [1.54, 1.807) is 18.2 Å². The second-order valence-electron chi connectivity index (χ2n) is 5.98. The SMILES string of the molecule is Cc1cccc(OCc2nnc(SCc3csc(-c4ccccc4F)n3)o2)c1. The quantitative estimate of drug-likeness (QED) is 0.372. The lowest BCUT2D eigenvalue weighted by atomic mass is 10.2. The van der Waals surface area contributed by atoms with Gasteiger partial charge in [0.25, 0.3) is 11.1 Å². The largest absolute Gasteiger partial charge is 0.484 e. The lowest BCUT2D eigenvalue weighted by Crippen LogP contribution is -1.95. The maximum atomic E-state index is 13.9. The first kappa shape index (κ1) is 18.6. The van der Waals surface area contributed by atoms with Gasteiger partial charge in [-0.25, -0.2) is 9.37 Å². The Bertz CT molecular complexity index is 1080. The van der Waals surface area contributed by atoms with Crippen molar-refractivity contribution in [2.45, 2.75) is 24.5 Å². The summed E-state index contributed by atoms with van der Waals surface area (Å²) in [6.07, 6.45) is 0. The van der Waals surface area contributed by atoms with Gasteiger partial charge in [0.2, 0.25) is 0 Å². The predicted octanol–water partition coefficient (Wildman–Crippen LogP) is 5.51. The minimum Gasteiger partial charge on any atom is -0.484 e. The average Bonchev–Trinajstić information content (AvgIpc) is 3.35. The molecule has 0 fully saturated rings. The molecule has 4 rings (SSSR count). The molecule has 2 aromatic carbocycles. The number of thiazole rings is 1. The molecule has 0 bridgehead atoms. The fraction of sp³-hybridized carbons (Fsp3) is 0.150. The molecule has 2 aromatic heterocycles. The Morgan fingerprint density at radius 2 is 2.04 bits per heavy atom. The molecule has 0 N–H and O–H groups in total. The average molecular weight is 413 g/mol. The van der Waals surface area contributed by atoms with Gasteiger partial charge in [-0.05, 0) is 36.8 Å². The van der Waals surface area contributed by atoms with Gasteiger partial charge in [0.05, 0.1) is 5.69 Å². The van der Waals surface area contributed by atoms with Crippen molar-refractivity contribution in [1.82, 2.24) is 15.2 Å². The second-order valence-corrected chi connectivity index (χ2v) is 7.76. The van der Waals surface area contributed by atoms with Crippen LogP contribution in [0.15, 0.2) is 63.6 Å². The highest BCUT2D eigenvalue weighted by Crippen LogP contribution is 2.29. The molecule has 2 heterocycles. The molecule has 5 nitrogen and oxygen atoms in total. The van der Waals surface area contributed by atoms with Crippen LogP contribution in [-0.4, -0.2) is 15.2 Å². The summed E-state index contributed by atoms with van der Waals surface area (Å²) in [5.74, 6) is 1.46. The van der Waals surface area contributed by atoms with Crippen LogP contribution < -0.4 is 4.74 Å². The Morgan fingerprint density at radius 1 is 1.14 bits per heavy atom. The summed E-state index contributed by atoms with van der Waals surface area (Å²) in [5, 5.41) is 11.0. The van der Waals surface area contributed by atoms with E-state index < -0.39 is 0 Å². The van der Waals surface area contributed by atoms with Gasteiger partial charge in [0.15, 0.2) is 6.61 Å². The standard InChI is InChI=1S/C20H16FN3O2S2/c1-13-5-4-6-15(9-13)25-10-18-23-24-20(26-18)28-12-14-11-27-19(22-14)16-7-2-3-8-17(16)21/h2-9,11H,10,12H2,1H3. The van der Waals surface area contributed by atoms with E-state index in [1.165, 1.54) is 29.2 Å². The zero-order valence-electron chi connectivity index (χ0n) is 15.0. The fourth-order valence-corrected chi connectivity index (χ4v) is 4.10. The van der Waals surface area contributed by atoms with Crippen LogP contribution >= 0.6 is 23.1 Å². The maximum Gasteiger partial charge on any atom is 0.277 e. The van der Waals surface area contributed by atoms with E-state index in [9.17, 15) is 4.39 Å². The second kappa shape index (κ2) is 8.53. The normalized spacial score (nSPS) is 10.9. The van der Waals surface area contributed by atoms with E-state index in [-0.39, 0.29) is 12.4 Å². The molecule has 0 saturated carbocycles. The molecule has 0 spiro atoms. The van der Waals surface area contributed by atoms with Crippen LogP contribution in [-0.2, 0) is 12.4 Å². The van der Waals surface area contributed by atoms with Crippen molar-refractivity contribution in [3.8, 4) is 16.3 Å². The third-order valence-electron chi connectivity index (χ3n) is 3.80. The minimum absolute atomic E-state index is 0.213. The first-order valence-corrected chi connectivity index (χ1v) is 10.4. The van der Waals surface area contributed by atoms with Gasteiger partial charge in [-0.15, -0.1) is 21.5 Å². The predicted molar refractivity (Wildman–Crippen MR) is 107 cm³/mol. The van der Waals surface area contributed by atoms with E-state index in [1.807, 2.05) is 36.6 Å². The molecule has 0 radical (unpaired) electrons. The van der Waals surface area contributed by atoms with E-state index >= 15 is 0 Å². The van der Waals surface area contributed by atoms with Gasteiger partial charge in [-0.2, -0.15) is 0 Å². The highest BCUT2D eigenvalue weighted by atomic mass is 32.2. The zero-order valence-corrected chi connectivity index (χ0v) is 16.6. The monoisotopic (exact) mass is 413 g/mol. The number of thioether (sulfide) groups is 1. The molecular weight excluding hydrogens is 397 g/mol. The van der Waals surface area contributed by atoms with E-state index in [0.717, 1.165) is 17.0 Å². The Balaban J connectivity index is 1.33. The first-order valence-electron chi connectivity index (χ1n) is 8.51. The number of hydrogen-bond donors (Lipinski definition) is 0. The van der Waals surface area contributed by atoms with Crippen molar-refractivity contribution in [1.29, 1.82) is 0 Å². The van der Waals surface area contributed by atoms with Crippen LogP contribution in [0, 0.1) is 12.7 Å². The van der Waals surface area contributed by atoms with Gasteiger partial charge in [-0.3, -0.25) is 0 Å². The van der Waals surface area contributed by atoms with Gasteiger partial charge in [0.1, 0.15) is 16.6 Å². The third kappa shape index (κ3) is 4.58. The fourth-order valence-electron chi connectivity index (χ4n) is 2.47. The number of rotatable bonds is 7. The van der Waals surface area contributed by atoms with Gasteiger partial charge >= 0.3 is 0 Å². The van der Waals surface area contributed by atoms with Gasteiger partial charge < -0.3 is 9.15 Å². The molecule has 0 saturated heterocycles. The zero-order chi connectivity index (χ0) is 19.3. The Hall–Kier alpha value is -2.71. The summed E-state index contributed by atoms with van der Waals surface area (Å²) in [7, 11) is 0. The summed E-state index contributed by atoms with van der Waals surface area (Å²) in [6, 6.07) is 14.4. The van der Waals surface area contributed by atoms with Gasteiger partial charge in [0, 0.05) is 16.7 Å². The number of nitrogens with zero attached hydrogens (tertiary/aromatic N) is 3. The number of aromatic nitrogens is 3. The molecule has 142 valence electrons. The number of halogens is 1.